The van der Waals surface area contributed by atoms with Crippen molar-refractivity contribution < 1.29 is 14.3 Å². The van der Waals surface area contributed by atoms with E-state index in [2.05, 4.69) is 24.5 Å². The van der Waals surface area contributed by atoms with Crippen LogP contribution in [0.4, 0.5) is 5.69 Å². The van der Waals surface area contributed by atoms with Crippen LogP contribution in [0, 0.1) is 5.92 Å². The van der Waals surface area contributed by atoms with Crippen LogP contribution in [0.1, 0.15) is 51.0 Å². The van der Waals surface area contributed by atoms with E-state index >= 15 is 0 Å². The van der Waals surface area contributed by atoms with Crippen molar-refractivity contribution in [3.8, 4) is 0 Å². The minimum Gasteiger partial charge on any atom is -0.334 e. The lowest BCUT2D eigenvalue weighted by Gasteiger charge is -2.40. The van der Waals surface area contributed by atoms with Crippen LogP contribution in [0.5, 0.6) is 0 Å². The van der Waals surface area contributed by atoms with Crippen LogP contribution < -0.4 is 21.1 Å². The van der Waals surface area contributed by atoms with Crippen LogP contribution in [-0.2, 0) is 25.7 Å². The van der Waals surface area contributed by atoms with E-state index in [1.807, 2.05) is 30.3 Å². The molecule has 1 aromatic heterocycles. The highest BCUT2D eigenvalue weighted by atomic mass is 16.5. The Morgan fingerprint density at radius 3 is 2.67 bits per heavy atom. The fourth-order valence-electron chi connectivity index (χ4n) is 6.61. The minimum absolute atomic E-state index is 0.00111. The molecule has 0 aliphatic carbocycles. The molecule has 5 aliphatic heterocycles. The molecule has 9 nitrogen and oxygen atoms in total. The number of anilines is 1. The van der Waals surface area contributed by atoms with Crippen LogP contribution >= 0.6 is 0 Å². The van der Waals surface area contributed by atoms with E-state index in [9.17, 15) is 14.4 Å². The predicted molar refractivity (Wildman–Crippen MR) is 132 cm³/mol. The molecule has 5 aliphatic rings. The van der Waals surface area contributed by atoms with Gasteiger partial charge in [0.25, 0.3) is 5.56 Å². The van der Waals surface area contributed by atoms with Crippen molar-refractivity contribution in [2.24, 2.45) is 5.92 Å². The van der Waals surface area contributed by atoms with Gasteiger partial charge in [-0.3, -0.25) is 29.2 Å². The molecule has 8 rings (SSSR count). The zero-order valence-electron chi connectivity index (χ0n) is 20.3. The third-order valence-electron chi connectivity index (χ3n) is 8.01. The maximum Gasteiger partial charge on any atom is 0.262 e. The Kier molecular flexibility index (Phi) is 4.23. The van der Waals surface area contributed by atoms with Crippen molar-refractivity contribution in [3.63, 3.8) is 0 Å². The summed E-state index contributed by atoms with van der Waals surface area (Å²) in [7, 11) is 0. The number of benzene rings is 2. The SMILES string of the molecule is CC(C)C[C@@H]1N[C@@H]2N(C1=O)c1ccccc1[C@]21C[C@H]2C(=O)N[C@](C)(O1)c1nc3ccccc3c(=O)n12. The normalized spacial score (nSPS) is 32.1. The molecule has 0 radical (unpaired) electrons. The van der Waals surface area contributed by atoms with Crippen molar-refractivity contribution in [1.82, 2.24) is 20.2 Å². The van der Waals surface area contributed by atoms with Crippen LogP contribution in [0.3, 0.4) is 0 Å². The van der Waals surface area contributed by atoms with Gasteiger partial charge in [-0.15, -0.1) is 0 Å². The first-order valence-corrected chi connectivity index (χ1v) is 12.5. The fourth-order valence-corrected chi connectivity index (χ4v) is 6.61. The molecule has 6 heterocycles. The van der Waals surface area contributed by atoms with Crippen molar-refractivity contribution in [2.75, 3.05) is 4.90 Å². The first kappa shape index (κ1) is 21.7. The molecule has 3 aromatic rings. The summed E-state index contributed by atoms with van der Waals surface area (Å²) in [5.74, 6) is 0.400. The van der Waals surface area contributed by atoms with E-state index in [1.54, 1.807) is 30.0 Å². The highest BCUT2D eigenvalue weighted by Gasteiger charge is 2.66. The third kappa shape index (κ3) is 2.62. The molecule has 2 bridgehead atoms. The van der Waals surface area contributed by atoms with E-state index in [0.29, 0.717) is 29.1 Å². The van der Waals surface area contributed by atoms with Gasteiger partial charge in [-0.1, -0.05) is 44.2 Å². The molecule has 36 heavy (non-hydrogen) atoms. The lowest BCUT2D eigenvalue weighted by Crippen LogP contribution is -2.57. The maximum absolute atomic E-state index is 13.7. The summed E-state index contributed by atoms with van der Waals surface area (Å²) in [5.41, 5.74) is -0.553. The maximum atomic E-state index is 13.7. The molecule has 0 unspecified atom stereocenters. The first-order chi connectivity index (χ1) is 17.2. The van der Waals surface area contributed by atoms with Gasteiger partial charge in [0, 0.05) is 12.0 Å². The number of nitrogens with zero attached hydrogens (tertiary/aromatic N) is 3. The van der Waals surface area contributed by atoms with E-state index in [0.717, 1.165) is 11.3 Å². The summed E-state index contributed by atoms with van der Waals surface area (Å²) < 4.78 is 8.47. The number of rotatable bonds is 2. The summed E-state index contributed by atoms with van der Waals surface area (Å²) >= 11 is 0. The molecule has 2 fully saturated rings. The highest BCUT2D eigenvalue weighted by Crippen LogP contribution is 2.56. The number of amides is 2. The zero-order chi connectivity index (χ0) is 25.0. The number of aromatic nitrogens is 2. The number of fused-ring (bicyclic) bond motifs is 5. The quantitative estimate of drug-likeness (QED) is 0.577. The van der Waals surface area contributed by atoms with Gasteiger partial charge in [0.1, 0.15) is 17.8 Å². The van der Waals surface area contributed by atoms with Crippen molar-refractivity contribution >= 4 is 28.4 Å². The molecule has 5 atom stereocenters. The summed E-state index contributed by atoms with van der Waals surface area (Å²) in [4.78, 5) is 47.4. The monoisotopic (exact) mass is 485 g/mol. The molecule has 1 spiro atoms. The van der Waals surface area contributed by atoms with E-state index < -0.39 is 23.5 Å². The second-order valence-corrected chi connectivity index (χ2v) is 10.8. The molecule has 2 N–H and O–H groups in total. The smallest absolute Gasteiger partial charge is 0.262 e. The average Bonchev–Trinajstić information content (AvgIpc) is 3.20. The van der Waals surface area contributed by atoms with Crippen LogP contribution in [0.25, 0.3) is 10.9 Å². The molecule has 2 saturated heterocycles. The first-order valence-electron chi connectivity index (χ1n) is 12.5. The van der Waals surface area contributed by atoms with Gasteiger partial charge in [-0.2, -0.15) is 0 Å². The second-order valence-electron chi connectivity index (χ2n) is 10.8. The Hall–Kier alpha value is -3.56. The number of carbonyl (C=O) groups excluding carboxylic acids is 2. The number of ether oxygens (including phenoxy) is 1. The number of carbonyl (C=O) groups is 2. The molecule has 9 heteroatoms. The van der Waals surface area contributed by atoms with Crippen molar-refractivity contribution in [3.05, 3.63) is 70.3 Å². The fraction of sp³-hybridized carbons (Fsp3) is 0.407. The van der Waals surface area contributed by atoms with Crippen LogP contribution in [-0.4, -0.2) is 33.6 Å². The Morgan fingerprint density at radius 1 is 1.11 bits per heavy atom. The average molecular weight is 486 g/mol. The van der Waals surface area contributed by atoms with Gasteiger partial charge in [0.2, 0.25) is 11.8 Å². The van der Waals surface area contributed by atoms with Gasteiger partial charge in [-0.25, -0.2) is 4.98 Å². The lowest BCUT2D eigenvalue weighted by molar-refractivity contribution is -0.181. The Balaban J connectivity index is 1.46. The standard InChI is InChI=1S/C27H27N5O4/c1-14(2)12-18-23(35)31-19-11-7-5-9-16(19)27(25(31)29-18)13-20-21(33)30-26(3,36-27)24-28-17-10-6-4-8-15(17)22(34)32(20)24/h4-11,14,18,20,25,29H,12-13H2,1-3H3,(H,30,33)/t18-,20-,25+,26+,27+/m0/s1. The van der Waals surface area contributed by atoms with Gasteiger partial charge in [-0.05, 0) is 37.5 Å². The van der Waals surface area contributed by atoms with Gasteiger partial charge >= 0.3 is 0 Å². The van der Waals surface area contributed by atoms with Crippen molar-refractivity contribution in [1.29, 1.82) is 0 Å². The largest absolute Gasteiger partial charge is 0.334 e. The highest BCUT2D eigenvalue weighted by molar-refractivity contribution is 6.03. The Bertz CT molecular complexity index is 1530. The van der Waals surface area contributed by atoms with E-state index in [-0.39, 0.29) is 29.8 Å². The van der Waals surface area contributed by atoms with Gasteiger partial charge < -0.3 is 10.1 Å². The van der Waals surface area contributed by atoms with Gasteiger partial charge in [0.15, 0.2) is 11.5 Å². The number of hydrogen-bond acceptors (Lipinski definition) is 6. The van der Waals surface area contributed by atoms with Crippen LogP contribution in [0.15, 0.2) is 53.3 Å². The second kappa shape index (κ2) is 7.02. The molecular formula is C27H27N5O4. The number of hydrogen-bond donors (Lipinski definition) is 2. The van der Waals surface area contributed by atoms with Crippen molar-refractivity contribution in [2.45, 2.75) is 63.2 Å². The summed E-state index contributed by atoms with van der Waals surface area (Å²) in [6.07, 6.45) is 0.364. The van der Waals surface area contributed by atoms with E-state index in [1.165, 1.54) is 4.57 Å². The number of nitrogens with one attached hydrogen (secondary N) is 2. The minimum atomic E-state index is -1.38. The molecule has 0 saturated carbocycles. The zero-order valence-corrected chi connectivity index (χ0v) is 20.3. The summed E-state index contributed by atoms with van der Waals surface area (Å²) in [6, 6.07) is 13.6. The van der Waals surface area contributed by atoms with Crippen LogP contribution in [0.2, 0.25) is 0 Å². The summed E-state index contributed by atoms with van der Waals surface area (Å²) in [6.45, 7) is 5.93. The third-order valence-corrected chi connectivity index (χ3v) is 8.01. The van der Waals surface area contributed by atoms with E-state index in [4.69, 9.17) is 9.72 Å². The lowest BCUT2D eigenvalue weighted by atomic mass is 9.86. The molecule has 2 amide bonds. The predicted octanol–water partition coefficient (Wildman–Crippen LogP) is 2.25. The summed E-state index contributed by atoms with van der Waals surface area (Å²) in [5, 5.41) is 7.01. The molecule has 2 aromatic carbocycles. The Morgan fingerprint density at radius 2 is 1.86 bits per heavy atom. The van der Waals surface area contributed by atoms with Gasteiger partial charge in [0.05, 0.1) is 22.6 Å². The number of para-hydroxylation sites is 2. The Labute approximate surface area is 207 Å². The topological polar surface area (TPSA) is 106 Å². The molecule has 184 valence electrons. The molecular weight excluding hydrogens is 458 g/mol.